The van der Waals surface area contributed by atoms with E-state index in [-0.39, 0.29) is 31.1 Å². The normalized spacial score (nSPS) is 12.8. The lowest BCUT2D eigenvalue weighted by molar-refractivity contribution is 0.121. The first-order chi connectivity index (χ1) is 11.9. The first-order valence-electron chi connectivity index (χ1n) is 7.90. The number of aryl methyl sites for hydroxylation is 2. The lowest BCUT2D eigenvalue weighted by atomic mass is 10.1. The summed E-state index contributed by atoms with van der Waals surface area (Å²) in [5, 5.41) is 18.8. The van der Waals surface area contributed by atoms with Gasteiger partial charge in [-0.25, -0.2) is 9.78 Å². The lowest BCUT2D eigenvalue weighted by Gasteiger charge is -2.19. The van der Waals surface area contributed by atoms with Crippen molar-refractivity contribution in [2.24, 2.45) is 0 Å². The number of aliphatic hydroxyl groups is 2. The second kappa shape index (κ2) is 6.61. The molecule has 3 rings (SSSR count). The first-order valence-corrected chi connectivity index (χ1v) is 7.90. The minimum absolute atomic E-state index is 0.0490. The zero-order chi connectivity index (χ0) is 18.1. The number of nitrogens with zero attached hydrogens (tertiary/aromatic N) is 3. The largest absolute Gasteiger partial charge is 0.398 e. The van der Waals surface area contributed by atoms with E-state index in [0.717, 1.165) is 5.56 Å². The van der Waals surface area contributed by atoms with Gasteiger partial charge in [0.25, 0.3) is 5.56 Å². The van der Waals surface area contributed by atoms with Crippen LogP contribution >= 0.6 is 0 Å². The molecule has 1 aromatic rings. The van der Waals surface area contributed by atoms with Gasteiger partial charge in [0.1, 0.15) is 0 Å². The molecule has 5 N–H and O–H groups in total. The summed E-state index contributed by atoms with van der Waals surface area (Å²) in [7, 11) is 0. The van der Waals surface area contributed by atoms with E-state index in [1.54, 1.807) is 16.7 Å². The van der Waals surface area contributed by atoms with Crippen LogP contribution in [0.1, 0.15) is 18.4 Å². The highest BCUT2D eigenvalue weighted by molar-refractivity contribution is 5.83. The van der Waals surface area contributed by atoms with E-state index in [4.69, 9.17) is 10.8 Å². The van der Waals surface area contributed by atoms with Crippen molar-refractivity contribution < 1.29 is 10.2 Å². The van der Waals surface area contributed by atoms with E-state index in [1.165, 1.54) is 0 Å². The number of rotatable bonds is 5. The summed E-state index contributed by atoms with van der Waals surface area (Å²) in [6.07, 6.45) is -0.160. The Labute approximate surface area is 142 Å². The Morgan fingerprint density at radius 2 is 2.04 bits per heavy atom. The topological polar surface area (TPSA) is 147 Å². The summed E-state index contributed by atoms with van der Waals surface area (Å²) < 4.78 is 1.66. The van der Waals surface area contributed by atoms with Crippen molar-refractivity contribution in [1.82, 2.24) is 19.5 Å². The minimum atomic E-state index is -0.761. The molecule has 0 amide bonds. The van der Waals surface area contributed by atoms with Gasteiger partial charge in [-0.1, -0.05) is 0 Å². The molecular formula is C16H19N5O4. The van der Waals surface area contributed by atoms with Crippen molar-refractivity contribution in [3.63, 3.8) is 0 Å². The molecule has 9 nitrogen and oxygen atoms in total. The van der Waals surface area contributed by atoms with Crippen LogP contribution in [0.25, 0.3) is 22.6 Å². The van der Waals surface area contributed by atoms with Crippen molar-refractivity contribution in [1.29, 1.82) is 0 Å². The highest BCUT2D eigenvalue weighted by atomic mass is 16.3. The molecule has 1 unspecified atom stereocenters. The minimum Gasteiger partial charge on any atom is -0.398 e. The van der Waals surface area contributed by atoms with Gasteiger partial charge in [0.05, 0.1) is 17.1 Å². The average Bonchev–Trinajstić information content (AvgIpc) is 2.54. The molecule has 0 bridgehead atoms. The van der Waals surface area contributed by atoms with E-state index in [1.807, 2.05) is 6.92 Å². The zero-order valence-corrected chi connectivity index (χ0v) is 13.7. The highest BCUT2D eigenvalue weighted by Crippen LogP contribution is 2.25. The number of nitrogens with two attached hydrogens (primary N) is 1. The fraction of sp³-hybridized carbons (Fsp3) is 0.375. The van der Waals surface area contributed by atoms with Gasteiger partial charge in [-0.05, 0) is 37.5 Å². The Bertz CT molecular complexity index is 1010. The van der Waals surface area contributed by atoms with Gasteiger partial charge in [0, 0.05) is 18.8 Å². The molecule has 132 valence electrons. The Hall–Kier alpha value is -2.78. The van der Waals surface area contributed by atoms with Crippen LogP contribution in [0.4, 0.5) is 5.69 Å². The maximum atomic E-state index is 12.1. The van der Waals surface area contributed by atoms with Gasteiger partial charge in [-0.15, -0.1) is 0 Å². The molecule has 9 heteroatoms. The smallest absolute Gasteiger partial charge is 0.349 e. The Balaban J connectivity index is 2.26. The molecule has 1 atom stereocenters. The van der Waals surface area contributed by atoms with Gasteiger partial charge in [-0.2, -0.15) is 4.98 Å². The Kier molecular flexibility index (Phi) is 4.51. The number of aliphatic hydroxyl groups excluding tert-OH is 2. The standard InChI is InChI=1S/C16H19N5O4/c1-8-6-11-12(7-10(8)17)21(4-2-9(23)3-5-22)14-13(18-11)15(24)20-16(25)19-14/h6-7,9,22-23H,2-5,17H2,1H3,(H,20,24,25). The van der Waals surface area contributed by atoms with Crippen molar-refractivity contribution >= 4 is 16.7 Å². The Morgan fingerprint density at radius 3 is 2.76 bits per heavy atom. The van der Waals surface area contributed by atoms with Crippen LogP contribution in [-0.4, -0.2) is 42.4 Å². The number of aromatic amines is 1. The SMILES string of the molecule is Cc1cc2nc3c(=O)[nH]c(=O)nc-3n(CCC(O)CCO)c2cc1N. The molecule has 0 aromatic heterocycles. The van der Waals surface area contributed by atoms with Gasteiger partial charge in [0.2, 0.25) is 0 Å². The molecule has 0 fully saturated rings. The summed E-state index contributed by atoms with van der Waals surface area (Å²) >= 11 is 0. The average molecular weight is 345 g/mol. The van der Waals surface area contributed by atoms with Crippen LogP contribution < -0.4 is 17.0 Å². The molecule has 1 aromatic carbocycles. The number of nitrogens with one attached hydrogen (secondary N) is 1. The monoisotopic (exact) mass is 345 g/mol. The summed E-state index contributed by atoms with van der Waals surface area (Å²) in [6, 6.07) is 3.47. The molecule has 0 saturated heterocycles. The molecule has 2 aliphatic heterocycles. The van der Waals surface area contributed by atoms with Crippen molar-refractivity contribution in [3.05, 3.63) is 38.5 Å². The number of nitrogen functional groups attached to an aromatic ring is 1. The summed E-state index contributed by atoms with van der Waals surface area (Å²) in [6.45, 7) is 1.99. The number of H-pyrrole nitrogens is 1. The predicted molar refractivity (Wildman–Crippen MR) is 92.5 cm³/mol. The molecule has 0 saturated carbocycles. The van der Waals surface area contributed by atoms with Crippen LogP contribution in [0.15, 0.2) is 21.7 Å². The number of fused-ring (bicyclic) bond motifs is 2. The Morgan fingerprint density at radius 1 is 1.28 bits per heavy atom. The summed E-state index contributed by atoms with van der Waals surface area (Å²) in [5.41, 5.74) is 7.18. The van der Waals surface area contributed by atoms with Crippen molar-refractivity contribution in [2.75, 3.05) is 12.3 Å². The predicted octanol–water partition coefficient (Wildman–Crippen LogP) is -0.391. The van der Waals surface area contributed by atoms with Gasteiger partial charge < -0.3 is 20.5 Å². The first kappa shape index (κ1) is 17.1. The van der Waals surface area contributed by atoms with Gasteiger partial charge in [0.15, 0.2) is 11.5 Å². The molecule has 25 heavy (non-hydrogen) atoms. The second-order valence-electron chi connectivity index (χ2n) is 5.96. The number of hydrogen-bond acceptors (Lipinski definition) is 7. The van der Waals surface area contributed by atoms with Crippen LogP contribution in [0.5, 0.6) is 0 Å². The van der Waals surface area contributed by atoms with Crippen LogP contribution in [0.2, 0.25) is 0 Å². The van der Waals surface area contributed by atoms with Crippen LogP contribution in [-0.2, 0) is 6.54 Å². The molecule has 0 spiro atoms. The maximum absolute atomic E-state index is 12.1. The fourth-order valence-electron chi connectivity index (χ4n) is 2.76. The molecule has 0 aliphatic carbocycles. The lowest BCUT2D eigenvalue weighted by Crippen LogP contribution is -2.29. The summed E-state index contributed by atoms with van der Waals surface area (Å²) in [5.74, 6) is 0.140. The third kappa shape index (κ3) is 3.24. The molecular weight excluding hydrogens is 326 g/mol. The van der Waals surface area contributed by atoms with Gasteiger partial charge >= 0.3 is 5.69 Å². The molecule has 0 radical (unpaired) electrons. The van der Waals surface area contributed by atoms with Crippen LogP contribution in [0.3, 0.4) is 0 Å². The van der Waals surface area contributed by atoms with Gasteiger partial charge in [-0.3, -0.25) is 9.78 Å². The third-order valence-corrected chi connectivity index (χ3v) is 4.14. The quantitative estimate of drug-likeness (QED) is 0.363. The van der Waals surface area contributed by atoms with E-state index in [0.29, 0.717) is 23.1 Å². The number of benzene rings is 1. The second-order valence-corrected chi connectivity index (χ2v) is 5.96. The number of anilines is 1. The van der Waals surface area contributed by atoms with Crippen LogP contribution in [0, 0.1) is 6.92 Å². The molecule has 2 heterocycles. The van der Waals surface area contributed by atoms with E-state index < -0.39 is 17.4 Å². The number of aromatic nitrogens is 4. The van der Waals surface area contributed by atoms with E-state index in [2.05, 4.69) is 15.0 Å². The van der Waals surface area contributed by atoms with Crippen molar-refractivity contribution in [3.8, 4) is 11.5 Å². The fourth-order valence-corrected chi connectivity index (χ4v) is 2.76. The summed E-state index contributed by atoms with van der Waals surface area (Å²) in [4.78, 5) is 34.1. The maximum Gasteiger partial charge on any atom is 0.349 e. The van der Waals surface area contributed by atoms with Crippen molar-refractivity contribution in [2.45, 2.75) is 32.4 Å². The number of hydrogen-bond donors (Lipinski definition) is 4. The van der Waals surface area contributed by atoms with E-state index in [9.17, 15) is 14.7 Å². The highest BCUT2D eigenvalue weighted by Gasteiger charge is 2.19. The molecule has 2 aliphatic rings. The van der Waals surface area contributed by atoms with E-state index >= 15 is 0 Å². The zero-order valence-electron chi connectivity index (χ0n) is 13.7. The third-order valence-electron chi connectivity index (χ3n) is 4.14.